The van der Waals surface area contributed by atoms with Gasteiger partial charge < -0.3 is 0 Å². The molecule has 0 nitrogen and oxygen atoms in total. The molecule has 0 N–H and O–H groups in total. The van der Waals surface area contributed by atoms with Crippen molar-refractivity contribution in [2.24, 2.45) is 11.8 Å². The zero-order valence-electron chi connectivity index (χ0n) is 12.7. The van der Waals surface area contributed by atoms with Crippen molar-refractivity contribution >= 4 is 31.9 Å². The average molecular weight is 388 g/mol. The Labute approximate surface area is 134 Å². The molecule has 0 saturated heterocycles. The summed E-state index contributed by atoms with van der Waals surface area (Å²) in [4.78, 5) is 0. The van der Waals surface area contributed by atoms with Crippen LogP contribution in [0.4, 0.5) is 0 Å². The lowest BCUT2D eigenvalue weighted by Crippen LogP contribution is -2.46. The van der Waals surface area contributed by atoms with E-state index in [2.05, 4.69) is 91.6 Å². The monoisotopic (exact) mass is 386 g/mol. The second-order valence-corrected chi connectivity index (χ2v) is 10.2. The van der Waals surface area contributed by atoms with Crippen LogP contribution >= 0.6 is 31.9 Å². The number of benzene rings is 1. The van der Waals surface area contributed by atoms with Crippen molar-refractivity contribution in [2.75, 3.05) is 0 Å². The van der Waals surface area contributed by atoms with E-state index in [1.165, 1.54) is 16.7 Å². The van der Waals surface area contributed by atoms with E-state index in [1.54, 1.807) is 0 Å². The molecule has 0 unspecified atom stereocenters. The Morgan fingerprint density at radius 2 is 1.37 bits per heavy atom. The molecule has 0 fully saturated rings. The molecule has 0 amide bonds. The molecule has 0 saturated carbocycles. The van der Waals surface area contributed by atoms with E-state index in [1.807, 2.05) is 0 Å². The third-order valence-electron chi connectivity index (χ3n) is 5.71. The van der Waals surface area contributed by atoms with Crippen LogP contribution in [0.3, 0.4) is 0 Å². The van der Waals surface area contributed by atoms with E-state index in [4.69, 9.17) is 0 Å². The Hall–Kier alpha value is 0.180. The molecule has 106 valence electrons. The summed E-state index contributed by atoms with van der Waals surface area (Å²) in [6.07, 6.45) is 0. The van der Waals surface area contributed by atoms with Crippen LogP contribution in [0.25, 0.3) is 0 Å². The molecule has 0 aromatic heterocycles. The van der Waals surface area contributed by atoms with Gasteiger partial charge in [0, 0.05) is 0 Å². The summed E-state index contributed by atoms with van der Waals surface area (Å²) in [5.41, 5.74) is 4.83. The van der Waals surface area contributed by atoms with Gasteiger partial charge in [0.05, 0.1) is 3.74 Å². The summed E-state index contributed by atoms with van der Waals surface area (Å²) in [5.74, 6) is 1.36. The van der Waals surface area contributed by atoms with E-state index in [9.17, 15) is 0 Å². The predicted molar refractivity (Wildman–Crippen MR) is 91.4 cm³/mol. The van der Waals surface area contributed by atoms with Gasteiger partial charge in [-0.15, -0.1) is 0 Å². The van der Waals surface area contributed by atoms with Gasteiger partial charge in [-0.05, 0) is 39.4 Å². The number of halogens is 2. The fourth-order valence-electron chi connectivity index (χ4n) is 3.53. The van der Waals surface area contributed by atoms with Crippen LogP contribution in [-0.4, -0.2) is 0 Å². The quantitative estimate of drug-likeness (QED) is 0.494. The summed E-state index contributed by atoms with van der Waals surface area (Å²) in [6, 6.07) is 6.96. The van der Waals surface area contributed by atoms with Gasteiger partial charge in [0.2, 0.25) is 0 Å². The molecule has 0 radical (unpaired) electrons. The van der Waals surface area contributed by atoms with Gasteiger partial charge in [-0.2, -0.15) is 0 Å². The van der Waals surface area contributed by atoms with Gasteiger partial charge in [-0.3, -0.25) is 0 Å². The lowest BCUT2D eigenvalue weighted by molar-refractivity contribution is 0.144. The van der Waals surface area contributed by atoms with Crippen LogP contribution in [0, 0.1) is 11.8 Å². The van der Waals surface area contributed by atoms with Crippen LogP contribution in [-0.2, 0) is 10.8 Å². The summed E-state index contributed by atoms with van der Waals surface area (Å²) >= 11 is 7.24. The first-order valence-corrected chi connectivity index (χ1v) is 8.86. The standard InChI is InChI=1S/C17H24Br2/c1-10-11(2)17(5,6)14-9-12(15(18)19)7-8-13(14)16(10,3)4/h7-11,15H,1-6H3/t10-,11-/m1/s1. The van der Waals surface area contributed by atoms with Crippen molar-refractivity contribution in [1.82, 2.24) is 0 Å². The van der Waals surface area contributed by atoms with Gasteiger partial charge >= 0.3 is 0 Å². The maximum Gasteiger partial charge on any atom is 0.0946 e. The smallest absolute Gasteiger partial charge is 0.0712 e. The highest BCUT2D eigenvalue weighted by Gasteiger charge is 2.46. The van der Waals surface area contributed by atoms with Crippen molar-refractivity contribution in [2.45, 2.75) is 56.1 Å². The highest BCUT2D eigenvalue weighted by molar-refractivity contribution is 9.24. The zero-order valence-corrected chi connectivity index (χ0v) is 15.9. The molecule has 2 atom stereocenters. The molecule has 0 aliphatic heterocycles. The number of alkyl halides is 2. The molecule has 0 bridgehead atoms. The van der Waals surface area contributed by atoms with E-state index in [-0.39, 0.29) is 14.6 Å². The molecule has 0 spiro atoms. The fraction of sp³-hybridized carbons (Fsp3) is 0.647. The maximum absolute atomic E-state index is 3.62. The van der Waals surface area contributed by atoms with Crippen molar-refractivity contribution < 1.29 is 0 Å². The number of rotatable bonds is 1. The first-order valence-electron chi connectivity index (χ1n) is 7.03. The fourth-order valence-corrected chi connectivity index (χ4v) is 4.10. The van der Waals surface area contributed by atoms with Crippen molar-refractivity contribution in [3.63, 3.8) is 0 Å². The van der Waals surface area contributed by atoms with Crippen molar-refractivity contribution in [1.29, 1.82) is 0 Å². The Kier molecular flexibility index (Phi) is 3.99. The summed E-state index contributed by atoms with van der Waals surface area (Å²) in [7, 11) is 0. The van der Waals surface area contributed by atoms with E-state index in [0.717, 1.165) is 0 Å². The minimum Gasteiger partial charge on any atom is -0.0712 e. The van der Waals surface area contributed by atoms with E-state index < -0.39 is 0 Å². The van der Waals surface area contributed by atoms with Gasteiger partial charge in [-0.1, -0.05) is 91.6 Å². The van der Waals surface area contributed by atoms with Crippen molar-refractivity contribution in [3.8, 4) is 0 Å². The normalized spacial score (nSPS) is 28.3. The molecule has 0 heterocycles. The zero-order chi connectivity index (χ0) is 14.6. The van der Waals surface area contributed by atoms with Gasteiger partial charge in [0.15, 0.2) is 0 Å². The van der Waals surface area contributed by atoms with Crippen LogP contribution in [0.5, 0.6) is 0 Å². The van der Waals surface area contributed by atoms with Gasteiger partial charge in [0.25, 0.3) is 0 Å². The second kappa shape index (κ2) is 4.87. The number of hydrogen-bond donors (Lipinski definition) is 0. The number of hydrogen-bond acceptors (Lipinski definition) is 0. The minimum absolute atomic E-state index is 0.231. The highest BCUT2D eigenvalue weighted by Crippen LogP contribution is 2.53. The largest absolute Gasteiger partial charge is 0.0946 e. The van der Waals surface area contributed by atoms with Crippen LogP contribution < -0.4 is 0 Å². The Morgan fingerprint density at radius 3 is 1.84 bits per heavy atom. The minimum atomic E-state index is 0.231. The van der Waals surface area contributed by atoms with Crippen molar-refractivity contribution in [3.05, 3.63) is 34.9 Å². The molecule has 1 aliphatic rings. The van der Waals surface area contributed by atoms with Crippen LogP contribution in [0.15, 0.2) is 18.2 Å². The first-order chi connectivity index (χ1) is 8.60. The molecule has 19 heavy (non-hydrogen) atoms. The molecule has 1 aliphatic carbocycles. The third kappa shape index (κ3) is 2.33. The predicted octanol–water partition coefficient (Wildman–Crippen LogP) is 6.32. The van der Waals surface area contributed by atoms with Crippen LogP contribution in [0.1, 0.15) is 62.0 Å². The SMILES string of the molecule is C[C@@H]1[C@@H](C)C(C)(C)c2cc(C(Br)Br)ccc2C1(C)C. The summed E-state index contributed by atoms with van der Waals surface area (Å²) in [5, 5.41) is 0. The Bertz CT molecular complexity index is 486. The number of fused-ring (bicyclic) bond motifs is 1. The topological polar surface area (TPSA) is 0 Å². The average Bonchev–Trinajstić information content (AvgIpc) is 2.34. The summed E-state index contributed by atoms with van der Waals surface area (Å²) in [6.45, 7) is 14.4. The third-order valence-corrected chi connectivity index (χ3v) is 6.77. The Balaban J connectivity index is 2.69. The Morgan fingerprint density at radius 1 is 0.895 bits per heavy atom. The molecular formula is C17H24Br2. The van der Waals surface area contributed by atoms with Gasteiger partial charge in [-0.25, -0.2) is 0 Å². The van der Waals surface area contributed by atoms with E-state index in [0.29, 0.717) is 11.8 Å². The molecule has 2 rings (SSSR count). The lowest BCUT2D eigenvalue weighted by Gasteiger charge is -2.51. The first kappa shape index (κ1) is 15.6. The molecular weight excluding hydrogens is 364 g/mol. The molecule has 1 aromatic rings. The van der Waals surface area contributed by atoms with Crippen LogP contribution in [0.2, 0.25) is 0 Å². The highest BCUT2D eigenvalue weighted by atomic mass is 79.9. The molecule has 1 aromatic carbocycles. The lowest BCUT2D eigenvalue weighted by atomic mass is 9.53. The molecule has 2 heteroatoms. The second-order valence-electron chi connectivity index (χ2n) is 7.13. The van der Waals surface area contributed by atoms with Gasteiger partial charge in [0.1, 0.15) is 0 Å². The van der Waals surface area contributed by atoms with E-state index >= 15 is 0 Å². The summed E-state index contributed by atoms with van der Waals surface area (Å²) < 4.78 is 0.235. The maximum atomic E-state index is 3.62.